The highest BCUT2D eigenvalue weighted by molar-refractivity contribution is 6.04. The lowest BCUT2D eigenvalue weighted by atomic mass is 10.2. The fraction of sp³-hybridized carbons (Fsp3) is 0.300. The summed E-state index contributed by atoms with van der Waals surface area (Å²) in [6, 6.07) is 11.9. The SMILES string of the molecule is CCN(CC)c1ccc(NC(=O)c2c(C)nc3ccc(C)cn23)cc1. The van der Waals surface area contributed by atoms with Crippen molar-refractivity contribution >= 4 is 22.9 Å². The molecule has 0 radical (unpaired) electrons. The van der Waals surface area contributed by atoms with Crippen LogP contribution in [0.25, 0.3) is 5.65 Å². The number of nitrogens with one attached hydrogen (secondary N) is 1. The van der Waals surface area contributed by atoms with E-state index in [4.69, 9.17) is 0 Å². The number of aromatic nitrogens is 2. The lowest BCUT2D eigenvalue weighted by molar-refractivity contribution is 0.102. The van der Waals surface area contributed by atoms with Crippen LogP contribution in [0, 0.1) is 13.8 Å². The Morgan fingerprint density at radius 1 is 1.08 bits per heavy atom. The topological polar surface area (TPSA) is 49.6 Å². The predicted molar refractivity (Wildman–Crippen MR) is 103 cm³/mol. The number of rotatable bonds is 5. The molecule has 3 aromatic rings. The van der Waals surface area contributed by atoms with Crippen LogP contribution in [-0.4, -0.2) is 28.4 Å². The number of hydrogen-bond donors (Lipinski definition) is 1. The molecular formula is C20H24N4O. The van der Waals surface area contributed by atoms with Crippen molar-refractivity contribution in [3.8, 4) is 0 Å². The van der Waals surface area contributed by atoms with Gasteiger partial charge in [0, 0.05) is 30.7 Å². The summed E-state index contributed by atoms with van der Waals surface area (Å²) >= 11 is 0. The van der Waals surface area contributed by atoms with Crippen molar-refractivity contribution in [3.63, 3.8) is 0 Å². The first-order valence-corrected chi connectivity index (χ1v) is 8.65. The number of pyridine rings is 1. The third-order valence-corrected chi connectivity index (χ3v) is 4.41. The Kier molecular flexibility index (Phi) is 4.74. The summed E-state index contributed by atoms with van der Waals surface area (Å²) in [5.41, 5.74) is 5.11. The Morgan fingerprint density at radius 2 is 1.76 bits per heavy atom. The van der Waals surface area contributed by atoms with E-state index in [0.717, 1.165) is 41.4 Å². The highest BCUT2D eigenvalue weighted by atomic mass is 16.2. The van der Waals surface area contributed by atoms with Crippen LogP contribution in [-0.2, 0) is 0 Å². The van der Waals surface area contributed by atoms with Crippen molar-refractivity contribution in [2.75, 3.05) is 23.3 Å². The van der Waals surface area contributed by atoms with E-state index in [-0.39, 0.29) is 5.91 Å². The molecule has 2 aromatic heterocycles. The van der Waals surface area contributed by atoms with Crippen molar-refractivity contribution in [1.82, 2.24) is 9.38 Å². The fourth-order valence-corrected chi connectivity index (χ4v) is 3.08. The highest BCUT2D eigenvalue weighted by Crippen LogP contribution is 2.19. The number of fused-ring (bicyclic) bond motifs is 1. The number of aryl methyl sites for hydroxylation is 2. The normalized spacial score (nSPS) is 10.9. The maximum atomic E-state index is 12.8. The number of amides is 1. The Bertz CT molecular complexity index is 892. The molecule has 0 bridgehead atoms. The second-order valence-corrected chi connectivity index (χ2v) is 6.15. The van der Waals surface area contributed by atoms with Crippen LogP contribution < -0.4 is 10.2 Å². The number of benzene rings is 1. The largest absolute Gasteiger partial charge is 0.372 e. The molecule has 2 heterocycles. The summed E-state index contributed by atoms with van der Waals surface area (Å²) in [6.45, 7) is 10.1. The molecule has 0 fully saturated rings. The molecule has 0 saturated heterocycles. The van der Waals surface area contributed by atoms with E-state index in [9.17, 15) is 4.79 Å². The molecule has 5 heteroatoms. The molecule has 0 aliphatic carbocycles. The summed E-state index contributed by atoms with van der Waals surface area (Å²) in [5.74, 6) is -0.147. The van der Waals surface area contributed by atoms with Gasteiger partial charge in [0.05, 0.1) is 5.69 Å². The average molecular weight is 336 g/mol. The number of imidazole rings is 1. The Labute approximate surface area is 148 Å². The number of anilines is 2. The predicted octanol–water partition coefficient (Wildman–Crippen LogP) is 4.05. The minimum absolute atomic E-state index is 0.147. The van der Waals surface area contributed by atoms with Gasteiger partial charge < -0.3 is 10.2 Å². The summed E-state index contributed by atoms with van der Waals surface area (Å²) in [6.07, 6.45) is 1.94. The van der Waals surface area contributed by atoms with Crippen LogP contribution in [0.5, 0.6) is 0 Å². The van der Waals surface area contributed by atoms with E-state index in [1.54, 1.807) is 0 Å². The van der Waals surface area contributed by atoms with Crippen LogP contribution in [0.4, 0.5) is 11.4 Å². The van der Waals surface area contributed by atoms with Gasteiger partial charge in [-0.05, 0) is 63.6 Å². The van der Waals surface area contributed by atoms with Gasteiger partial charge in [-0.2, -0.15) is 0 Å². The van der Waals surface area contributed by atoms with E-state index < -0.39 is 0 Å². The van der Waals surface area contributed by atoms with Gasteiger partial charge in [0.25, 0.3) is 5.91 Å². The van der Waals surface area contributed by atoms with E-state index in [1.807, 2.05) is 60.8 Å². The first kappa shape index (κ1) is 17.0. The minimum Gasteiger partial charge on any atom is -0.372 e. The van der Waals surface area contributed by atoms with E-state index in [1.165, 1.54) is 0 Å². The number of nitrogens with zero attached hydrogens (tertiary/aromatic N) is 3. The summed E-state index contributed by atoms with van der Waals surface area (Å²) in [4.78, 5) is 19.5. The first-order chi connectivity index (χ1) is 12.0. The van der Waals surface area contributed by atoms with Crippen LogP contribution in [0.3, 0.4) is 0 Å². The number of carbonyl (C=O) groups is 1. The Hall–Kier alpha value is -2.82. The Balaban J connectivity index is 1.85. The standard InChI is InChI=1S/C20H24N4O/c1-5-23(6-2)17-10-8-16(9-11-17)22-20(25)19-15(4)21-18-12-7-14(3)13-24(18)19/h7-13H,5-6H2,1-4H3,(H,22,25). The molecule has 0 aliphatic rings. The third kappa shape index (κ3) is 3.36. The number of hydrogen-bond acceptors (Lipinski definition) is 3. The van der Waals surface area contributed by atoms with Gasteiger partial charge in [0.15, 0.2) is 0 Å². The van der Waals surface area contributed by atoms with E-state index >= 15 is 0 Å². The highest BCUT2D eigenvalue weighted by Gasteiger charge is 2.17. The van der Waals surface area contributed by atoms with Gasteiger partial charge in [0.2, 0.25) is 0 Å². The molecular weight excluding hydrogens is 312 g/mol. The van der Waals surface area contributed by atoms with Crippen molar-refractivity contribution < 1.29 is 4.79 Å². The molecule has 130 valence electrons. The smallest absolute Gasteiger partial charge is 0.274 e. The maximum absolute atomic E-state index is 12.8. The zero-order valence-electron chi connectivity index (χ0n) is 15.2. The van der Waals surface area contributed by atoms with Crippen LogP contribution in [0.1, 0.15) is 35.6 Å². The summed E-state index contributed by atoms with van der Waals surface area (Å²) < 4.78 is 1.85. The van der Waals surface area contributed by atoms with Gasteiger partial charge in [-0.3, -0.25) is 9.20 Å². The molecule has 0 unspecified atom stereocenters. The van der Waals surface area contributed by atoms with Gasteiger partial charge in [0.1, 0.15) is 11.3 Å². The average Bonchev–Trinajstić information content (AvgIpc) is 2.92. The van der Waals surface area contributed by atoms with Gasteiger partial charge >= 0.3 is 0 Å². The van der Waals surface area contributed by atoms with Crippen molar-refractivity contribution in [3.05, 3.63) is 59.5 Å². The van der Waals surface area contributed by atoms with Crippen molar-refractivity contribution in [1.29, 1.82) is 0 Å². The maximum Gasteiger partial charge on any atom is 0.274 e. The van der Waals surface area contributed by atoms with Gasteiger partial charge in [-0.25, -0.2) is 4.98 Å². The first-order valence-electron chi connectivity index (χ1n) is 8.65. The van der Waals surface area contributed by atoms with Crippen LogP contribution in [0.15, 0.2) is 42.6 Å². The monoisotopic (exact) mass is 336 g/mol. The molecule has 0 atom stereocenters. The molecule has 1 amide bonds. The second-order valence-electron chi connectivity index (χ2n) is 6.15. The Morgan fingerprint density at radius 3 is 2.40 bits per heavy atom. The molecule has 5 nitrogen and oxygen atoms in total. The molecule has 0 aliphatic heterocycles. The summed E-state index contributed by atoms with van der Waals surface area (Å²) in [7, 11) is 0. The van der Waals surface area contributed by atoms with Gasteiger partial charge in [-0.1, -0.05) is 6.07 Å². The molecule has 0 spiro atoms. The summed E-state index contributed by atoms with van der Waals surface area (Å²) in [5, 5.41) is 2.98. The molecule has 1 N–H and O–H groups in total. The quantitative estimate of drug-likeness (QED) is 0.765. The number of carbonyl (C=O) groups excluding carboxylic acids is 1. The zero-order chi connectivity index (χ0) is 18.0. The lowest BCUT2D eigenvalue weighted by Crippen LogP contribution is -2.21. The molecule has 25 heavy (non-hydrogen) atoms. The minimum atomic E-state index is -0.147. The lowest BCUT2D eigenvalue weighted by Gasteiger charge is -2.21. The third-order valence-electron chi connectivity index (χ3n) is 4.41. The van der Waals surface area contributed by atoms with Crippen LogP contribution >= 0.6 is 0 Å². The second kappa shape index (κ2) is 6.97. The molecule has 3 rings (SSSR count). The molecule has 0 saturated carbocycles. The zero-order valence-corrected chi connectivity index (χ0v) is 15.2. The van der Waals surface area contributed by atoms with Crippen molar-refractivity contribution in [2.45, 2.75) is 27.7 Å². The van der Waals surface area contributed by atoms with Crippen molar-refractivity contribution in [2.24, 2.45) is 0 Å². The van der Waals surface area contributed by atoms with E-state index in [0.29, 0.717) is 5.69 Å². The fourth-order valence-electron chi connectivity index (χ4n) is 3.08. The molecule has 1 aromatic carbocycles. The van der Waals surface area contributed by atoms with Crippen LogP contribution in [0.2, 0.25) is 0 Å². The van der Waals surface area contributed by atoms with E-state index in [2.05, 4.69) is 29.0 Å². The van der Waals surface area contributed by atoms with Gasteiger partial charge in [-0.15, -0.1) is 0 Å².